The van der Waals surface area contributed by atoms with Crippen molar-refractivity contribution in [2.24, 2.45) is 0 Å². The number of allylic oxidation sites excluding steroid dienone is 13. The highest BCUT2D eigenvalue weighted by Crippen LogP contribution is 2.43. The Bertz CT molecular complexity index is 1700. The number of hydrogen-bond acceptors (Lipinski definition) is 6. The molecule has 0 aliphatic heterocycles. The van der Waals surface area contributed by atoms with Crippen LogP contribution in [0.4, 0.5) is 0 Å². The number of carbonyl (C=O) groups excluding carboxylic acids is 2. The van der Waals surface area contributed by atoms with Crippen LogP contribution in [0.5, 0.6) is 0 Å². The van der Waals surface area contributed by atoms with E-state index in [2.05, 4.69) is 92.9 Å². The van der Waals surface area contributed by atoms with E-state index >= 15 is 0 Å². The molecule has 0 fully saturated rings. The SMILES string of the molecule is CC/C=C\C/C=C\C/C=C\C/C=C\C/C=C\C/C=C\CCC(=O)NC(COP(=O)(O)OCC[N+](C)(C)C)C(/C=C\CCCCCCCCCCC)OC(=O)CCCCCCCCCCCCCCCCCCCCCCCCCCCCC. The summed E-state index contributed by atoms with van der Waals surface area (Å²) in [5.74, 6) is -0.596. The molecule has 0 saturated heterocycles. The first-order chi connectivity index (χ1) is 40.4. The third-order valence-corrected chi connectivity index (χ3v) is 16.3. The lowest BCUT2D eigenvalue weighted by molar-refractivity contribution is -0.870. The lowest BCUT2D eigenvalue weighted by Gasteiger charge is -2.27. The van der Waals surface area contributed by atoms with Gasteiger partial charge in [-0.05, 0) is 70.3 Å². The van der Waals surface area contributed by atoms with E-state index in [1.165, 1.54) is 199 Å². The number of rotatable bonds is 63. The van der Waals surface area contributed by atoms with Crippen LogP contribution in [0.2, 0.25) is 0 Å². The van der Waals surface area contributed by atoms with Gasteiger partial charge in [0.15, 0.2) is 0 Å². The van der Waals surface area contributed by atoms with Crippen molar-refractivity contribution in [3.8, 4) is 0 Å². The number of likely N-dealkylation sites (N-methyl/N-ethyl adjacent to an activating group) is 1. The molecule has 0 aromatic heterocycles. The van der Waals surface area contributed by atoms with Gasteiger partial charge in [-0.3, -0.25) is 18.6 Å². The average molecular weight is 1180 g/mol. The van der Waals surface area contributed by atoms with E-state index in [-0.39, 0.29) is 37.9 Å². The van der Waals surface area contributed by atoms with E-state index in [0.717, 1.165) is 77.0 Å². The number of nitrogens with zero attached hydrogens (tertiary/aromatic N) is 1. The summed E-state index contributed by atoms with van der Waals surface area (Å²) in [7, 11) is 1.45. The predicted octanol–water partition coefficient (Wildman–Crippen LogP) is 22.1. The van der Waals surface area contributed by atoms with Gasteiger partial charge in [-0.1, -0.05) is 318 Å². The quantitative estimate of drug-likeness (QED) is 0.0205. The van der Waals surface area contributed by atoms with E-state index in [0.29, 0.717) is 17.4 Å². The third-order valence-electron chi connectivity index (χ3n) is 15.4. The topological polar surface area (TPSA) is 111 Å². The minimum atomic E-state index is -4.47. The molecule has 0 rings (SSSR count). The summed E-state index contributed by atoms with van der Waals surface area (Å²) in [6.45, 7) is 6.86. The maximum Gasteiger partial charge on any atom is 0.472 e. The Labute approximate surface area is 514 Å². The Morgan fingerprint density at radius 3 is 1.16 bits per heavy atom. The van der Waals surface area contributed by atoms with E-state index in [4.69, 9.17) is 13.8 Å². The van der Waals surface area contributed by atoms with Gasteiger partial charge in [-0.15, -0.1) is 0 Å². The summed E-state index contributed by atoms with van der Waals surface area (Å²) in [5, 5.41) is 3.01. The standard InChI is InChI=1S/C73H133N2O7P/c1-7-10-13-16-19-22-25-27-29-31-33-34-35-36-37-38-39-40-42-44-46-48-51-54-57-60-63-66-73(77)82-71(64-61-58-55-52-49-24-21-18-15-12-9-3)70(69-81-83(78,79)80-68-67-75(4,5)6)74-72(76)65-62-59-56-53-50-47-45-43-41-32-30-28-26-23-20-17-14-11-8-2/h11,14,20,23,28,30,41,43,47,50,56,59,61,64,70-71H,7-10,12-13,15-19,21-22,24-27,29,31-40,42,44-46,48-49,51-55,57-58,60,62-63,65-69H2,1-6H3,(H-,74,76,78,79)/p+1/b14-11-,23-20-,30-28-,43-41-,50-47-,59-56-,64-61-. The Hall–Kier alpha value is -2.81. The van der Waals surface area contributed by atoms with Gasteiger partial charge in [-0.2, -0.15) is 0 Å². The van der Waals surface area contributed by atoms with E-state index in [1.807, 2.05) is 39.4 Å². The van der Waals surface area contributed by atoms with Crippen molar-refractivity contribution in [3.05, 3.63) is 85.1 Å². The lowest BCUT2D eigenvalue weighted by Crippen LogP contribution is -2.47. The fourth-order valence-corrected chi connectivity index (χ4v) is 10.8. The molecule has 9 nitrogen and oxygen atoms in total. The molecule has 0 aliphatic rings. The molecule has 2 N–H and O–H groups in total. The van der Waals surface area contributed by atoms with E-state index in [1.54, 1.807) is 0 Å². The number of ether oxygens (including phenoxy) is 1. The van der Waals surface area contributed by atoms with Crippen molar-refractivity contribution in [1.82, 2.24) is 5.32 Å². The van der Waals surface area contributed by atoms with Gasteiger partial charge in [0.05, 0.1) is 33.8 Å². The van der Waals surface area contributed by atoms with Gasteiger partial charge in [0, 0.05) is 12.8 Å². The van der Waals surface area contributed by atoms with Crippen LogP contribution in [0, 0.1) is 0 Å². The average Bonchev–Trinajstić information content (AvgIpc) is 3.52. The monoisotopic (exact) mass is 1180 g/mol. The zero-order valence-electron chi connectivity index (χ0n) is 55.2. The molecule has 3 atom stereocenters. The Morgan fingerprint density at radius 1 is 0.434 bits per heavy atom. The smallest absolute Gasteiger partial charge is 0.456 e. The molecular weight excluding hydrogens is 1050 g/mol. The van der Waals surface area contributed by atoms with E-state index < -0.39 is 20.0 Å². The number of carbonyl (C=O) groups is 2. The second kappa shape index (κ2) is 62.2. The first kappa shape index (κ1) is 80.2. The first-order valence-electron chi connectivity index (χ1n) is 34.9. The summed E-state index contributed by atoms with van der Waals surface area (Å²) >= 11 is 0. The molecule has 0 heterocycles. The highest BCUT2D eigenvalue weighted by molar-refractivity contribution is 7.47. The summed E-state index contributed by atoms with van der Waals surface area (Å²) in [5.41, 5.74) is 0. The minimum Gasteiger partial charge on any atom is -0.456 e. The van der Waals surface area contributed by atoms with Crippen molar-refractivity contribution >= 4 is 19.7 Å². The van der Waals surface area contributed by atoms with Crippen LogP contribution < -0.4 is 5.32 Å². The maximum atomic E-state index is 13.5. The number of quaternary nitrogens is 1. The van der Waals surface area contributed by atoms with Crippen molar-refractivity contribution in [2.75, 3.05) is 40.9 Å². The molecule has 0 aromatic rings. The second-order valence-electron chi connectivity index (χ2n) is 24.7. The van der Waals surface area contributed by atoms with Crippen LogP contribution in [0.1, 0.15) is 316 Å². The van der Waals surface area contributed by atoms with Crippen molar-refractivity contribution in [1.29, 1.82) is 0 Å². The Morgan fingerprint density at radius 2 is 0.783 bits per heavy atom. The normalized spacial score (nSPS) is 14.1. The van der Waals surface area contributed by atoms with Crippen LogP contribution in [0.25, 0.3) is 0 Å². The number of phosphoric ester groups is 1. The van der Waals surface area contributed by atoms with Crippen molar-refractivity contribution in [3.63, 3.8) is 0 Å². The summed E-state index contributed by atoms with van der Waals surface area (Å²) in [4.78, 5) is 37.8. The largest absolute Gasteiger partial charge is 0.472 e. The molecule has 482 valence electrons. The molecule has 3 unspecified atom stereocenters. The minimum absolute atomic E-state index is 0.0248. The molecule has 0 spiro atoms. The number of phosphoric acid groups is 1. The summed E-state index contributed by atoms with van der Waals surface area (Å²) in [6, 6.07) is -0.891. The lowest BCUT2D eigenvalue weighted by atomic mass is 10.0. The van der Waals surface area contributed by atoms with Gasteiger partial charge in [0.2, 0.25) is 5.91 Å². The van der Waals surface area contributed by atoms with Crippen LogP contribution in [0.3, 0.4) is 0 Å². The zero-order valence-corrected chi connectivity index (χ0v) is 56.1. The number of nitrogens with one attached hydrogen (secondary N) is 1. The fraction of sp³-hybridized carbons (Fsp3) is 0.781. The number of esters is 1. The molecule has 1 amide bonds. The number of hydrogen-bond donors (Lipinski definition) is 2. The molecule has 0 saturated carbocycles. The van der Waals surface area contributed by atoms with Crippen LogP contribution in [-0.2, 0) is 27.9 Å². The number of unbranched alkanes of at least 4 members (excludes halogenated alkanes) is 35. The maximum absolute atomic E-state index is 13.5. The van der Waals surface area contributed by atoms with Crippen molar-refractivity contribution < 1.29 is 37.3 Å². The Balaban J connectivity index is 5.06. The van der Waals surface area contributed by atoms with Crippen LogP contribution in [0.15, 0.2) is 85.1 Å². The molecule has 83 heavy (non-hydrogen) atoms. The molecule has 0 bridgehead atoms. The van der Waals surface area contributed by atoms with E-state index in [9.17, 15) is 19.0 Å². The highest BCUT2D eigenvalue weighted by atomic mass is 31.2. The van der Waals surface area contributed by atoms with Gasteiger partial charge < -0.3 is 19.4 Å². The molecule has 0 aliphatic carbocycles. The van der Waals surface area contributed by atoms with Gasteiger partial charge >= 0.3 is 13.8 Å². The fourth-order valence-electron chi connectivity index (χ4n) is 10.0. The summed E-state index contributed by atoms with van der Waals surface area (Å²) < 4.78 is 30.7. The molecule has 10 heteroatoms. The highest BCUT2D eigenvalue weighted by Gasteiger charge is 2.30. The zero-order chi connectivity index (χ0) is 60.7. The van der Waals surface area contributed by atoms with Crippen molar-refractivity contribution in [2.45, 2.75) is 328 Å². The Kier molecular flexibility index (Phi) is 60.1. The third kappa shape index (κ3) is 63.5. The van der Waals surface area contributed by atoms with Crippen LogP contribution in [-0.4, -0.2) is 74.3 Å². The predicted molar refractivity (Wildman–Crippen MR) is 360 cm³/mol. The molecule has 0 aromatic carbocycles. The number of amides is 1. The summed E-state index contributed by atoms with van der Waals surface area (Å²) in [6.07, 6.45) is 83.5. The van der Waals surface area contributed by atoms with Crippen LogP contribution >= 0.6 is 7.82 Å². The first-order valence-corrected chi connectivity index (χ1v) is 36.4. The molecule has 0 radical (unpaired) electrons. The molecular formula is C73H134N2O7P+. The van der Waals surface area contributed by atoms with Gasteiger partial charge in [0.25, 0.3) is 0 Å². The van der Waals surface area contributed by atoms with Gasteiger partial charge in [0.1, 0.15) is 19.3 Å². The van der Waals surface area contributed by atoms with Gasteiger partial charge in [-0.25, -0.2) is 4.57 Å². The second-order valence-corrected chi connectivity index (χ2v) is 26.1.